The van der Waals surface area contributed by atoms with Crippen molar-refractivity contribution >= 4 is 5.91 Å². The van der Waals surface area contributed by atoms with E-state index >= 15 is 0 Å². The third kappa shape index (κ3) is 4.69. The molecule has 0 N–H and O–H groups in total. The van der Waals surface area contributed by atoms with Gasteiger partial charge in [0.05, 0.1) is 19.3 Å². The molecule has 0 aliphatic carbocycles. The highest BCUT2D eigenvalue weighted by Gasteiger charge is 2.35. The molecule has 0 radical (unpaired) electrons. The molecule has 3 saturated heterocycles. The lowest BCUT2D eigenvalue weighted by Gasteiger charge is -2.39. The normalized spacial score (nSPS) is 32.6. The van der Waals surface area contributed by atoms with Gasteiger partial charge in [0.25, 0.3) is 0 Å². The van der Waals surface area contributed by atoms with Crippen LogP contribution in [0.1, 0.15) is 26.7 Å². The van der Waals surface area contributed by atoms with Crippen molar-refractivity contribution in [1.82, 2.24) is 14.7 Å². The number of ether oxygens (including phenoxy) is 2. The summed E-state index contributed by atoms with van der Waals surface area (Å²) in [5.74, 6) is 0.895. The van der Waals surface area contributed by atoms with Crippen molar-refractivity contribution in [3.05, 3.63) is 0 Å². The van der Waals surface area contributed by atoms with Crippen LogP contribution in [0.2, 0.25) is 0 Å². The van der Waals surface area contributed by atoms with Gasteiger partial charge < -0.3 is 14.4 Å². The van der Waals surface area contributed by atoms with Crippen LogP contribution in [0.4, 0.5) is 0 Å². The zero-order chi connectivity index (χ0) is 16.9. The average Bonchev–Trinajstić information content (AvgIpc) is 3.21. The minimum atomic E-state index is 0.208. The number of carbonyl (C=O) groups is 1. The Hall–Kier alpha value is -0.690. The molecule has 3 aliphatic heterocycles. The molecule has 3 atom stereocenters. The number of hydrogen-bond donors (Lipinski definition) is 0. The highest BCUT2D eigenvalue weighted by Crippen LogP contribution is 2.23. The first kappa shape index (κ1) is 18.1. The number of likely N-dealkylation sites (tertiary alicyclic amines) is 1. The highest BCUT2D eigenvalue weighted by atomic mass is 16.5. The van der Waals surface area contributed by atoms with Crippen molar-refractivity contribution in [2.75, 3.05) is 65.6 Å². The summed E-state index contributed by atoms with van der Waals surface area (Å²) in [6.45, 7) is 13.6. The van der Waals surface area contributed by atoms with Gasteiger partial charge in [-0.15, -0.1) is 0 Å². The first-order valence-electron chi connectivity index (χ1n) is 9.54. The van der Waals surface area contributed by atoms with Crippen molar-refractivity contribution in [3.8, 4) is 0 Å². The molecule has 0 saturated carbocycles. The molecule has 6 heteroatoms. The number of amides is 1. The van der Waals surface area contributed by atoms with Gasteiger partial charge in [0.15, 0.2) is 0 Å². The van der Waals surface area contributed by atoms with E-state index in [-0.39, 0.29) is 5.91 Å². The second-order valence-corrected chi connectivity index (χ2v) is 7.56. The van der Waals surface area contributed by atoms with Crippen molar-refractivity contribution in [1.29, 1.82) is 0 Å². The maximum absolute atomic E-state index is 11.5. The van der Waals surface area contributed by atoms with Crippen LogP contribution in [0.25, 0.3) is 0 Å². The number of nitrogens with zero attached hydrogens (tertiary/aromatic N) is 3. The average molecular weight is 339 g/mol. The summed E-state index contributed by atoms with van der Waals surface area (Å²) in [5, 5.41) is 0. The van der Waals surface area contributed by atoms with Gasteiger partial charge in [0.2, 0.25) is 5.91 Å². The van der Waals surface area contributed by atoms with Gasteiger partial charge in [-0.25, -0.2) is 0 Å². The maximum atomic E-state index is 11.5. The third-order valence-electron chi connectivity index (χ3n) is 5.76. The van der Waals surface area contributed by atoms with E-state index in [4.69, 9.17) is 9.47 Å². The molecule has 0 aromatic heterocycles. The summed E-state index contributed by atoms with van der Waals surface area (Å²) in [4.78, 5) is 18.5. The molecule has 3 rings (SSSR count). The van der Waals surface area contributed by atoms with E-state index in [0.717, 1.165) is 72.1 Å². The predicted molar refractivity (Wildman–Crippen MR) is 93.0 cm³/mol. The summed E-state index contributed by atoms with van der Waals surface area (Å²) < 4.78 is 11.4. The minimum absolute atomic E-state index is 0.208. The zero-order valence-corrected chi connectivity index (χ0v) is 15.3. The summed E-state index contributed by atoms with van der Waals surface area (Å²) in [6, 6.07) is 0.622. The molecule has 3 aliphatic rings. The summed E-state index contributed by atoms with van der Waals surface area (Å²) >= 11 is 0. The monoisotopic (exact) mass is 339 g/mol. The molecule has 0 aromatic rings. The first-order chi connectivity index (χ1) is 11.6. The van der Waals surface area contributed by atoms with Crippen LogP contribution in [-0.2, 0) is 14.3 Å². The Morgan fingerprint density at radius 2 is 2.00 bits per heavy atom. The minimum Gasteiger partial charge on any atom is -0.377 e. The van der Waals surface area contributed by atoms with E-state index in [9.17, 15) is 4.79 Å². The van der Waals surface area contributed by atoms with Crippen molar-refractivity contribution < 1.29 is 14.3 Å². The highest BCUT2D eigenvalue weighted by molar-refractivity contribution is 5.73. The topological polar surface area (TPSA) is 45.3 Å². The first-order valence-corrected chi connectivity index (χ1v) is 9.54. The second kappa shape index (κ2) is 8.61. The molecule has 0 bridgehead atoms. The maximum Gasteiger partial charge on any atom is 0.219 e. The van der Waals surface area contributed by atoms with Crippen molar-refractivity contribution in [2.45, 2.75) is 38.8 Å². The Morgan fingerprint density at radius 3 is 2.67 bits per heavy atom. The molecule has 24 heavy (non-hydrogen) atoms. The molecular formula is C18H33N3O3. The lowest BCUT2D eigenvalue weighted by atomic mass is 10.0. The quantitative estimate of drug-likeness (QED) is 0.666. The van der Waals surface area contributed by atoms with Gasteiger partial charge in [-0.1, -0.05) is 6.92 Å². The van der Waals surface area contributed by atoms with Crippen LogP contribution in [0.5, 0.6) is 0 Å². The van der Waals surface area contributed by atoms with E-state index in [1.807, 2.05) is 4.90 Å². The Bertz CT molecular complexity index is 406. The van der Waals surface area contributed by atoms with Crippen LogP contribution in [0.15, 0.2) is 0 Å². The molecule has 6 nitrogen and oxygen atoms in total. The summed E-state index contributed by atoms with van der Waals surface area (Å²) in [7, 11) is 0. The molecule has 0 aromatic carbocycles. The Balaban J connectivity index is 1.34. The molecule has 3 fully saturated rings. The standard InChI is InChI=1S/C18H33N3O3/c1-15-12-19(9-11-23-14-17-4-3-10-24-17)13-18(15)21-7-5-20(6-8-21)16(2)22/h15,17-18H,3-14H2,1-2H3/t15-,17-,18+/m0/s1. The Kier molecular flexibility index (Phi) is 6.49. The van der Waals surface area contributed by atoms with Gasteiger partial charge in [-0.05, 0) is 18.8 Å². The number of carbonyl (C=O) groups excluding carboxylic acids is 1. The van der Waals surface area contributed by atoms with E-state index in [2.05, 4.69) is 16.7 Å². The lowest BCUT2D eigenvalue weighted by Crippen LogP contribution is -2.53. The van der Waals surface area contributed by atoms with Crippen LogP contribution in [-0.4, -0.2) is 98.4 Å². The van der Waals surface area contributed by atoms with Crippen molar-refractivity contribution in [2.24, 2.45) is 5.92 Å². The molecule has 138 valence electrons. The number of hydrogen-bond acceptors (Lipinski definition) is 5. The molecule has 3 heterocycles. The molecule has 0 spiro atoms. The van der Waals surface area contributed by atoms with Crippen LogP contribution in [0, 0.1) is 5.92 Å². The van der Waals surface area contributed by atoms with Gasteiger partial charge in [0, 0.05) is 65.4 Å². The number of rotatable bonds is 6. The van der Waals surface area contributed by atoms with Crippen LogP contribution >= 0.6 is 0 Å². The van der Waals surface area contributed by atoms with Gasteiger partial charge in [-0.2, -0.15) is 0 Å². The van der Waals surface area contributed by atoms with E-state index in [0.29, 0.717) is 18.1 Å². The summed E-state index contributed by atoms with van der Waals surface area (Å²) in [6.07, 6.45) is 2.65. The molecular weight excluding hydrogens is 306 g/mol. The van der Waals surface area contributed by atoms with E-state index in [1.54, 1.807) is 6.92 Å². The Morgan fingerprint density at radius 1 is 1.21 bits per heavy atom. The predicted octanol–water partition coefficient (Wildman–Crippen LogP) is 0.666. The van der Waals surface area contributed by atoms with Crippen molar-refractivity contribution in [3.63, 3.8) is 0 Å². The Labute approximate surface area is 146 Å². The second-order valence-electron chi connectivity index (χ2n) is 7.56. The molecule has 1 amide bonds. The fourth-order valence-corrected chi connectivity index (χ4v) is 4.26. The van der Waals surface area contributed by atoms with Crippen LogP contribution < -0.4 is 0 Å². The SMILES string of the molecule is CC(=O)N1CCN([C@@H]2CN(CCOC[C@@H]3CCCO3)C[C@@H]2C)CC1. The largest absolute Gasteiger partial charge is 0.377 e. The zero-order valence-electron chi connectivity index (χ0n) is 15.3. The number of piperazine rings is 1. The smallest absolute Gasteiger partial charge is 0.219 e. The fraction of sp³-hybridized carbons (Fsp3) is 0.944. The van der Waals surface area contributed by atoms with Gasteiger partial charge in [-0.3, -0.25) is 14.6 Å². The summed E-state index contributed by atoms with van der Waals surface area (Å²) in [5.41, 5.74) is 0. The van der Waals surface area contributed by atoms with E-state index < -0.39 is 0 Å². The molecule has 0 unspecified atom stereocenters. The van der Waals surface area contributed by atoms with Crippen LogP contribution in [0.3, 0.4) is 0 Å². The fourth-order valence-electron chi connectivity index (χ4n) is 4.26. The van der Waals surface area contributed by atoms with Gasteiger partial charge >= 0.3 is 0 Å². The third-order valence-corrected chi connectivity index (χ3v) is 5.76. The lowest BCUT2D eigenvalue weighted by molar-refractivity contribution is -0.130. The van der Waals surface area contributed by atoms with E-state index in [1.165, 1.54) is 6.42 Å². The van der Waals surface area contributed by atoms with Gasteiger partial charge in [0.1, 0.15) is 0 Å².